The first-order chi connectivity index (χ1) is 8.97. The first-order valence-corrected chi connectivity index (χ1v) is 6.46. The number of nitrogens with one attached hydrogen (secondary N) is 1. The molecule has 6 heteroatoms. The molecule has 0 aromatic heterocycles. The van der Waals surface area contributed by atoms with Gasteiger partial charge in [0.2, 0.25) is 0 Å². The second-order valence-electron chi connectivity index (χ2n) is 3.81. The SMILES string of the molecule is Nc1ccc(NC(=O)c2cc(F)ccc2Br)cc1Cl. The molecule has 0 fully saturated rings. The smallest absolute Gasteiger partial charge is 0.256 e. The van der Waals surface area contributed by atoms with Crippen molar-refractivity contribution < 1.29 is 9.18 Å². The predicted octanol–water partition coefficient (Wildman–Crippen LogP) is 4.08. The summed E-state index contributed by atoms with van der Waals surface area (Å²) in [6, 6.07) is 8.62. The van der Waals surface area contributed by atoms with Crippen LogP contribution in [0.15, 0.2) is 40.9 Å². The zero-order valence-corrected chi connectivity index (χ0v) is 11.9. The number of nitrogen functional groups attached to an aromatic ring is 1. The Balaban J connectivity index is 2.25. The molecule has 2 aromatic carbocycles. The molecule has 0 spiro atoms. The molecule has 0 heterocycles. The second kappa shape index (κ2) is 5.59. The normalized spacial score (nSPS) is 10.3. The first-order valence-electron chi connectivity index (χ1n) is 5.29. The van der Waals surface area contributed by atoms with Gasteiger partial charge in [0, 0.05) is 10.2 Å². The molecule has 0 bridgehead atoms. The van der Waals surface area contributed by atoms with Gasteiger partial charge in [0.15, 0.2) is 0 Å². The Morgan fingerprint density at radius 2 is 2.00 bits per heavy atom. The topological polar surface area (TPSA) is 55.1 Å². The van der Waals surface area contributed by atoms with E-state index < -0.39 is 11.7 Å². The summed E-state index contributed by atoms with van der Waals surface area (Å²) in [5.74, 6) is -0.920. The quantitative estimate of drug-likeness (QED) is 0.807. The Labute approximate surface area is 122 Å². The maximum absolute atomic E-state index is 13.1. The van der Waals surface area contributed by atoms with Gasteiger partial charge in [-0.25, -0.2) is 4.39 Å². The zero-order valence-electron chi connectivity index (χ0n) is 9.58. The summed E-state index contributed by atoms with van der Waals surface area (Å²) in [4.78, 5) is 12.0. The van der Waals surface area contributed by atoms with E-state index >= 15 is 0 Å². The molecular formula is C13H9BrClFN2O. The van der Waals surface area contributed by atoms with Gasteiger partial charge in [-0.1, -0.05) is 11.6 Å². The van der Waals surface area contributed by atoms with E-state index in [0.717, 1.165) is 6.07 Å². The molecular weight excluding hydrogens is 335 g/mol. The number of nitrogens with two attached hydrogens (primary N) is 1. The van der Waals surface area contributed by atoms with E-state index in [1.165, 1.54) is 18.2 Å². The average Bonchev–Trinajstić information content (AvgIpc) is 2.36. The van der Waals surface area contributed by atoms with E-state index in [1.807, 2.05) is 0 Å². The molecule has 0 saturated carbocycles. The first kappa shape index (κ1) is 13.8. The number of hydrogen-bond donors (Lipinski definition) is 2. The second-order valence-corrected chi connectivity index (χ2v) is 5.08. The largest absolute Gasteiger partial charge is 0.398 e. The number of benzene rings is 2. The van der Waals surface area contributed by atoms with Gasteiger partial charge < -0.3 is 11.1 Å². The maximum Gasteiger partial charge on any atom is 0.256 e. The van der Waals surface area contributed by atoms with Crippen LogP contribution in [0.5, 0.6) is 0 Å². The van der Waals surface area contributed by atoms with Crippen LogP contribution in [0.2, 0.25) is 5.02 Å². The van der Waals surface area contributed by atoms with Gasteiger partial charge in [-0.3, -0.25) is 4.79 Å². The molecule has 0 saturated heterocycles. The number of amides is 1. The van der Waals surface area contributed by atoms with Crippen LogP contribution in [-0.2, 0) is 0 Å². The summed E-state index contributed by atoms with van der Waals surface area (Å²) in [6.45, 7) is 0. The summed E-state index contributed by atoms with van der Waals surface area (Å²) in [5.41, 5.74) is 6.68. The van der Waals surface area contributed by atoms with Gasteiger partial charge in [-0.15, -0.1) is 0 Å². The van der Waals surface area contributed by atoms with Crippen LogP contribution in [0.4, 0.5) is 15.8 Å². The Bertz CT molecular complexity index is 649. The molecule has 19 heavy (non-hydrogen) atoms. The molecule has 0 aliphatic heterocycles. The minimum Gasteiger partial charge on any atom is -0.398 e. The zero-order chi connectivity index (χ0) is 14.0. The van der Waals surface area contributed by atoms with Crippen LogP contribution < -0.4 is 11.1 Å². The minimum absolute atomic E-state index is 0.202. The van der Waals surface area contributed by atoms with E-state index in [4.69, 9.17) is 17.3 Å². The van der Waals surface area contributed by atoms with E-state index in [1.54, 1.807) is 12.1 Å². The highest BCUT2D eigenvalue weighted by Crippen LogP contribution is 2.24. The third-order valence-electron chi connectivity index (χ3n) is 2.43. The maximum atomic E-state index is 13.1. The van der Waals surface area contributed by atoms with Gasteiger partial charge in [0.05, 0.1) is 16.3 Å². The Morgan fingerprint density at radius 3 is 2.68 bits per heavy atom. The third kappa shape index (κ3) is 3.24. The van der Waals surface area contributed by atoms with E-state index in [0.29, 0.717) is 20.9 Å². The van der Waals surface area contributed by atoms with E-state index in [2.05, 4.69) is 21.2 Å². The van der Waals surface area contributed by atoms with Crippen molar-refractivity contribution in [1.29, 1.82) is 0 Å². The monoisotopic (exact) mass is 342 g/mol. The lowest BCUT2D eigenvalue weighted by atomic mass is 10.2. The molecule has 2 rings (SSSR count). The Hall–Kier alpha value is -1.59. The third-order valence-corrected chi connectivity index (χ3v) is 3.45. The molecule has 0 radical (unpaired) electrons. The Morgan fingerprint density at radius 1 is 1.26 bits per heavy atom. The highest BCUT2D eigenvalue weighted by molar-refractivity contribution is 9.10. The van der Waals surface area contributed by atoms with Gasteiger partial charge >= 0.3 is 0 Å². The van der Waals surface area contributed by atoms with Crippen molar-refractivity contribution >= 4 is 44.8 Å². The highest BCUT2D eigenvalue weighted by atomic mass is 79.9. The van der Waals surface area contributed by atoms with Crippen molar-refractivity contribution in [1.82, 2.24) is 0 Å². The number of carbonyl (C=O) groups is 1. The summed E-state index contributed by atoms with van der Waals surface area (Å²) in [6.07, 6.45) is 0. The number of rotatable bonds is 2. The molecule has 3 N–H and O–H groups in total. The lowest BCUT2D eigenvalue weighted by Gasteiger charge is -2.08. The van der Waals surface area contributed by atoms with Gasteiger partial charge in [0.25, 0.3) is 5.91 Å². The van der Waals surface area contributed by atoms with Gasteiger partial charge in [0.1, 0.15) is 5.82 Å². The van der Waals surface area contributed by atoms with Crippen LogP contribution in [0.25, 0.3) is 0 Å². The van der Waals surface area contributed by atoms with Crippen LogP contribution in [-0.4, -0.2) is 5.91 Å². The fourth-order valence-corrected chi connectivity index (χ4v) is 2.08. The lowest BCUT2D eigenvalue weighted by molar-refractivity contribution is 0.102. The summed E-state index contributed by atoms with van der Waals surface area (Å²) >= 11 is 9.05. The number of anilines is 2. The fraction of sp³-hybridized carbons (Fsp3) is 0. The molecule has 1 amide bonds. The van der Waals surface area contributed by atoms with Crippen molar-refractivity contribution in [2.24, 2.45) is 0 Å². The van der Waals surface area contributed by atoms with Gasteiger partial charge in [-0.05, 0) is 52.3 Å². The van der Waals surface area contributed by atoms with E-state index in [-0.39, 0.29) is 5.56 Å². The van der Waals surface area contributed by atoms with Crippen LogP contribution >= 0.6 is 27.5 Å². The van der Waals surface area contributed by atoms with Crippen molar-refractivity contribution in [3.8, 4) is 0 Å². The van der Waals surface area contributed by atoms with Gasteiger partial charge in [-0.2, -0.15) is 0 Å². The molecule has 0 atom stereocenters. The minimum atomic E-state index is -0.483. The van der Waals surface area contributed by atoms with Crippen LogP contribution in [0.1, 0.15) is 10.4 Å². The number of carbonyl (C=O) groups excluding carboxylic acids is 1. The van der Waals surface area contributed by atoms with Crippen molar-refractivity contribution in [2.75, 3.05) is 11.1 Å². The van der Waals surface area contributed by atoms with Crippen LogP contribution in [0, 0.1) is 5.82 Å². The number of halogens is 3. The molecule has 0 unspecified atom stereocenters. The summed E-state index contributed by atoms with van der Waals surface area (Å²) < 4.78 is 13.6. The van der Waals surface area contributed by atoms with Crippen molar-refractivity contribution in [2.45, 2.75) is 0 Å². The van der Waals surface area contributed by atoms with Crippen LogP contribution in [0.3, 0.4) is 0 Å². The van der Waals surface area contributed by atoms with E-state index in [9.17, 15) is 9.18 Å². The predicted molar refractivity (Wildman–Crippen MR) is 77.9 cm³/mol. The van der Waals surface area contributed by atoms with Crippen molar-refractivity contribution in [3.05, 3.63) is 57.3 Å². The highest BCUT2D eigenvalue weighted by Gasteiger charge is 2.12. The fourth-order valence-electron chi connectivity index (χ4n) is 1.47. The lowest BCUT2D eigenvalue weighted by Crippen LogP contribution is -2.13. The molecule has 2 aromatic rings. The molecule has 0 aliphatic rings. The standard InChI is InChI=1S/C13H9BrClFN2O/c14-10-3-1-7(16)5-9(10)13(19)18-8-2-4-12(17)11(15)6-8/h1-6H,17H2,(H,18,19). The molecule has 98 valence electrons. The molecule has 0 aliphatic carbocycles. The molecule has 3 nitrogen and oxygen atoms in total. The summed E-state index contributed by atoms with van der Waals surface area (Å²) in [5, 5.41) is 2.96. The summed E-state index contributed by atoms with van der Waals surface area (Å²) in [7, 11) is 0. The number of hydrogen-bond acceptors (Lipinski definition) is 2. The Kier molecular flexibility index (Phi) is 4.07. The van der Waals surface area contributed by atoms with Crippen molar-refractivity contribution in [3.63, 3.8) is 0 Å². The average molecular weight is 344 g/mol.